The van der Waals surface area contributed by atoms with Gasteiger partial charge < -0.3 is 5.73 Å². The van der Waals surface area contributed by atoms with Crippen LogP contribution in [0.25, 0.3) is 0 Å². The molecule has 1 heterocycles. The van der Waals surface area contributed by atoms with Crippen LogP contribution in [0.2, 0.25) is 10.0 Å². The molecule has 0 radical (unpaired) electrons. The van der Waals surface area contributed by atoms with Crippen molar-refractivity contribution in [2.45, 2.75) is 23.8 Å². The second-order valence-corrected chi connectivity index (χ2v) is 7.07. The van der Waals surface area contributed by atoms with Crippen molar-refractivity contribution in [1.29, 1.82) is 0 Å². The summed E-state index contributed by atoms with van der Waals surface area (Å²) in [6.45, 7) is 0.846. The average Bonchev–Trinajstić information content (AvgIpc) is 2.32. The smallest absolute Gasteiger partial charge is 0.244 e. The molecule has 7 heteroatoms. The van der Waals surface area contributed by atoms with Crippen LogP contribution in [-0.2, 0) is 10.0 Å². The highest BCUT2D eigenvalue weighted by atomic mass is 35.5. The van der Waals surface area contributed by atoms with E-state index in [4.69, 9.17) is 28.9 Å². The lowest BCUT2D eigenvalue weighted by atomic mass is 10.1. The van der Waals surface area contributed by atoms with Gasteiger partial charge in [0.15, 0.2) is 0 Å². The third-order valence-corrected chi connectivity index (χ3v) is 5.62. The number of nitrogens with two attached hydrogens (primary N) is 1. The molecule has 18 heavy (non-hydrogen) atoms. The van der Waals surface area contributed by atoms with Gasteiger partial charge in [-0.05, 0) is 31.0 Å². The van der Waals surface area contributed by atoms with E-state index in [0.717, 1.165) is 0 Å². The summed E-state index contributed by atoms with van der Waals surface area (Å²) in [5.41, 5.74) is 5.76. The van der Waals surface area contributed by atoms with Gasteiger partial charge in [0.2, 0.25) is 10.0 Å². The van der Waals surface area contributed by atoms with E-state index in [1.54, 1.807) is 6.07 Å². The van der Waals surface area contributed by atoms with Gasteiger partial charge >= 0.3 is 0 Å². The second-order valence-electron chi connectivity index (χ2n) is 4.32. The van der Waals surface area contributed by atoms with Crippen molar-refractivity contribution in [3.63, 3.8) is 0 Å². The molecule has 100 valence electrons. The highest BCUT2D eigenvalue weighted by Gasteiger charge is 2.29. The Kier molecular flexibility index (Phi) is 4.18. The van der Waals surface area contributed by atoms with E-state index in [1.165, 1.54) is 16.4 Å². The van der Waals surface area contributed by atoms with Gasteiger partial charge in [-0.2, -0.15) is 4.31 Å². The average molecular weight is 309 g/mol. The van der Waals surface area contributed by atoms with Crippen molar-refractivity contribution < 1.29 is 8.42 Å². The van der Waals surface area contributed by atoms with Gasteiger partial charge in [-0.1, -0.05) is 23.2 Å². The zero-order valence-corrected chi connectivity index (χ0v) is 12.0. The lowest BCUT2D eigenvalue weighted by molar-refractivity contribution is 0.320. The molecule has 0 saturated carbocycles. The Hall–Kier alpha value is -0.330. The molecule has 0 amide bonds. The van der Waals surface area contributed by atoms with Crippen LogP contribution in [-0.4, -0.2) is 31.9 Å². The van der Waals surface area contributed by atoms with Gasteiger partial charge in [0.25, 0.3) is 0 Å². The maximum absolute atomic E-state index is 12.4. The Morgan fingerprint density at radius 2 is 1.83 bits per heavy atom. The molecular formula is C11H14Cl2N2O2S. The second kappa shape index (κ2) is 5.35. The number of nitrogens with zero attached hydrogens (tertiary/aromatic N) is 1. The van der Waals surface area contributed by atoms with Gasteiger partial charge in [0.05, 0.1) is 5.02 Å². The number of halogens is 2. The number of piperidine rings is 1. The summed E-state index contributed by atoms with van der Waals surface area (Å²) < 4.78 is 26.2. The van der Waals surface area contributed by atoms with E-state index in [2.05, 4.69) is 0 Å². The highest BCUT2D eigenvalue weighted by Crippen LogP contribution is 2.29. The fraction of sp³-hybridized carbons (Fsp3) is 0.455. The van der Waals surface area contributed by atoms with Crippen LogP contribution in [0.4, 0.5) is 0 Å². The molecule has 4 nitrogen and oxygen atoms in total. The summed E-state index contributed by atoms with van der Waals surface area (Å²) in [6, 6.07) is 4.51. The Bertz CT molecular complexity index is 540. The first-order valence-electron chi connectivity index (χ1n) is 5.62. The van der Waals surface area contributed by atoms with Crippen molar-refractivity contribution in [1.82, 2.24) is 4.31 Å². The van der Waals surface area contributed by atoms with Crippen molar-refractivity contribution in [3.8, 4) is 0 Å². The Morgan fingerprint density at radius 1 is 1.22 bits per heavy atom. The molecule has 1 aliphatic rings. The first kappa shape index (κ1) is 14.1. The summed E-state index contributed by atoms with van der Waals surface area (Å²) in [5, 5.41) is 0.543. The largest absolute Gasteiger partial charge is 0.328 e. The number of hydrogen-bond donors (Lipinski definition) is 1. The van der Waals surface area contributed by atoms with Crippen LogP contribution in [0.5, 0.6) is 0 Å². The Labute approximate surface area is 117 Å². The fourth-order valence-corrected chi connectivity index (χ4v) is 4.14. The number of rotatable bonds is 2. The lowest BCUT2D eigenvalue weighted by Crippen LogP contribution is -2.42. The van der Waals surface area contributed by atoms with Gasteiger partial charge in [-0.3, -0.25) is 0 Å². The zero-order valence-electron chi connectivity index (χ0n) is 9.64. The third kappa shape index (κ3) is 2.81. The third-order valence-electron chi connectivity index (χ3n) is 3.01. The summed E-state index contributed by atoms with van der Waals surface area (Å²) in [5.74, 6) is 0. The van der Waals surface area contributed by atoms with Crippen LogP contribution >= 0.6 is 23.2 Å². The molecule has 1 saturated heterocycles. The number of benzene rings is 1. The van der Waals surface area contributed by atoms with Crippen LogP contribution in [0.1, 0.15) is 12.8 Å². The van der Waals surface area contributed by atoms with E-state index < -0.39 is 10.0 Å². The molecule has 0 aliphatic carbocycles. The standard InChI is InChI=1S/C11H14Cl2N2O2S/c12-8-1-2-10(13)11(7-8)18(16,17)15-5-3-9(14)4-6-15/h1-2,7,9H,3-6,14H2. The van der Waals surface area contributed by atoms with Crippen molar-refractivity contribution in [3.05, 3.63) is 28.2 Å². The van der Waals surface area contributed by atoms with Crippen molar-refractivity contribution in [2.24, 2.45) is 5.73 Å². The zero-order chi connectivity index (χ0) is 13.3. The first-order valence-corrected chi connectivity index (χ1v) is 7.81. The van der Waals surface area contributed by atoms with Crippen molar-refractivity contribution in [2.75, 3.05) is 13.1 Å². The Morgan fingerprint density at radius 3 is 2.44 bits per heavy atom. The van der Waals surface area contributed by atoms with Gasteiger partial charge in [-0.25, -0.2) is 8.42 Å². The van der Waals surface area contributed by atoms with Crippen LogP contribution in [0.3, 0.4) is 0 Å². The predicted molar refractivity (Wildman–Crippen MR) is 72.4 cm³/mol. The van der Waals surface area contributed by atoms with Crippen molar-refractivity contribution >= 4 is 33.2 Å². The van der Waals surface area contributed by atoms with E-state index in [-0.39, 0.29) is 16.0 Å². The molecule has 2 rings (SSSR count). The number of hydrogen-bond acceptors (Lipinski definition) is 3. The molecule has 1 aromatic rings. The summed E-state index contributed by atoms with van der Waals surface area (Å²) in [4.78, 5) is 0.0622. The summed E-state index contributed by atoms with van der Waals surface area (Å²) >= 11 is 11.8. The SMILES string of the molecule is NC1CCN(S(=O)(=O)c2cc(Cl)ccc2Cl)CC1. The quantitative estimate of drug-likeness (QED) is 0.910. The van der Waals surface area contributed by atoms with Crippen LogP contribution < -0.4 is 5.73 Å². The molecule has 0 atom stereocenters. The topological polar surface area (TPSA) is 63.4 Å². The minimum atomic E-state index is -3.58. The van der Waals surface area contributed by atoms with Gasteiger partial charge in [-0.15, -0.1) is 0 Å². The molecule has 1 fully saturated rings. The van der Waals surface area contributed by atoms with Crippen LogP contribution in [0, 0.1) is 0 Å². The molecule has 0 unspecified atom stereocenters. The minimum absolute atomic E-state index is 0.0622. The van der Waals surface area contributed by atoms with Gasteiger partial charge in [0.1, 0.15) is 4.90 Å². The predicted octanol–water partition coefficient (Wildman–Crippen LogP) is 2.11. The minimum Gasteiger partial charge on any atom is -0.328 e. The van der Waals surface area contributed by atoms with Crippen LogP contribution in [0.15, 0.2) is 23.1 Å². The van der Waals surface area contributed by atoms with E-state index in [9.17, 15) is 8.42 Å². The lowest BCUT2D eigenvalue weighted by Gasteiger charge is -2.29. The monoisotopic (exact) mass is 308 g/mol. The van der Waals surface area contributed by atoms with E-state index in [1.807, 2.05) is 0 Å². The molecule has 0 bridgehead atoms. The normalized spacial score (nSPS) is 19.1. The number of sulfonamides is 1. The maximum atomic E-state index is 12.4. The molecule has 2 N–H and O–H groups in total. The molecule has 0 spiro atoms. The van der Waals surface area contributed by atoms with E-state index in [0.29, 0.717) is 31.0 Å². The first-order chi connectivity index (χ1) is 8.41. The molecule has 1 aromatic carbocycles. The molecule has 0 aromatic heterocycles. The maximum Gasteiger partial charge on any atom is 0.244 e. The molecular weight excluding hydrogens is 295 g/mol. The van der Waals surface area contributed by atoms with E-state index >= 15 is 0 Å². The fourth-order valence-electron chi connectivity index (χ4n) is 1.93. The van der Waals surface area contributed by atoms with Gasteiger partial charge in [0, 0.05) is 24.2 Å². The molecule has 1 aliphatic heterocycles. The highest BCUT2D eigenvalue weighted by molar-refractivity contribution is 7.89. The Balaban J connectivity index is 2.33. The summed E-state index contributed by atoms with van der Waals surface area (Å²) in [6.07, 6.45) is 1.33. The summed E-state index contributed by atoms with van der Waals surface area (Å²) in [7, 11) is -3.58.